The van der Waals surface area contributed by atoms with E-state index in [1.165, 1.54) is 0 Å². The zero-order valence-electron chi connectivity index (χ0n) is 16.9. The molecule has 1 aliphatic rings. The van der Waals surface area contributed by atoms with Gasteiger partial charge in [0.05, 0.1) is 12.6 Å². The summed E-state index contributed by atoms with van der Waals surface area (Å²) in [5, 5.41) is 18.0. The van der Waals surface area contributed by atoms with Crippen LogP contribution in [0.15, 0.2) is 59.6 Å². The van der Waals surface area contributed by atoms with E-state index >= 15 is 0 Å². The van der Waals surface area contributed by atoms with Crippen LogP contribution in [0.2, 0.25) is 0 Å². The number of amides is 1. The standard InChI is InChI=1S/C22H24N2O6.Rh/c1-15-19(23-21(30-15)17-7-3-2-4-8-17)10-11-29-18-9-5-6-16(12-18)13-24(22(27)28)14-20(25)26;/h2-9,12,15,19H,10-11,13-14H2,1H3,(H,25,26)(H,27,28);. The van der Waals surface area contributed by atoms with Gasteiger partial charge in [0.1, 0.15) is 18.4 Å². The summed E-state index contributed by atoms with van der Waals surface area (Å²) >= 11 is 0. The Morgan fingerprint density at radius 3 is 2.55 bits per heavy atom. The first-order valence-corrected chi connectivity index (χ1v) is 9.63. The molecule has 9 heteroatoms. The number of ether oxygens (including phenoxy) is 2. The summed E-state index contributed by atoms with van der Waals surface area (Å²) in [6.45, 7) is 1.79. The van der Waals surface area contributed by atoms with Crippen molar-refractivity contribution in [2.45, 2.75) is 32.0 Å². The quantitative estimate of drug-likeness (QED) is 0.497. The normalized spacial score (nSPS) is 17.1. The third-order valence-corrected chi connectivity index (χ3v) is 4.69. The van der Waals surface area contributed by atoms with Crippen LogP contribution in [0.4, 0.5) is 4.79 Å². The average molecular weight is 515 g/mol. The minimum atomic E-state index is -1.29. The Kier molecular flexibility index (Phi) is 9.00. The van der Waals surface area contributed by atoms with E-state index in [9.17, 15) is 9.59 Å². The van der Waals surface area contributed by atoms with Crippen molar-refractivity contribution in [3.05, 3.63) is 65.7 Å². The molecular formula is C22H24N2O6Rh. The molecule has 0 saturated carbocycles. The fourth-order valence-corrected chi connectivity index (χ4v) is 3.17. The van der Waals surface area contributed by atoms with Crippen LogP contribution in [0.5, 0.6) is 5.75 Å². The molecule has 1 aliphatic heterocycles. The molecule has 1 radical (unpaired) electrons. The molecule has 167 valence electrons. The zero-order valence-corrected chi connectivity index (χ0v) is 18.6. The van der Waals surface area contributed by atoms with Crippen molar-refractivity contribution in [3.63, 3.8) is 0 Å². The Balaban J connectivity index is 0.00000341. The molecule has 8 nitrogen and oxygen atoms in total. The fraction of sp³-hybridized carbons (Fsp3) is 0.318. The minimum absolute atomic E-state index is 0. The Morgan fingerprint density at radius 2 is 1.87 bits per heavy atom. The number of carboxylic acid groups (broad SMARTS) is 2. The van der Waals surface area contributed by atoms with Crippen molar-refractivity contribution >= 4 is 18.0 Å². The predicted octanol–water partition coefficient (Wildman–Crippen LogP) is 3.25. The third-order valence-electron chi connectivity index (χ3n) is 4.69. The maximum Gasteiger partial charge on any atom is 0.408 e. The van der Waals surface area contributed by atoms with E-state index in [-0.39, 0.29) is 38.2 Å². The second kappa shape index (κ2) is 11.5. The summed E-state index contributed by atoms with van der Waals surface area (Å²) in [4.78, 5) is 27.5. The van der Waals surface area contributed by atoms with Crippen LogP contribution in [0.1, 0.15) is 24.5 Å². The SMILES string of the molecule is CC1OC(c2ccccc2)=NC1CCOc1cccc(CN(CC(=O)O)C(=O)O)c1.[Rh]. The molecule has 2 aromatic carbocycles. The van der Waals surface area contributed by atoms with Gasteiger partial charge in [-0.15, -0.1) is 0 Å². The number of aliphatic carboxylic acids is 1. The summed E-state index contributed by atoms with van der Waals surface area (Å²) in [5.74, 6) is 0.0300. The van der Waals surface area contributed by atoms with Gasteiger partial charge in [0.15, 0.2) is 0 Å². The Hall–Kier alpha value is -2.93. The van der Waals surface area contributed by atoms with Crippen molar-refractivity contribution in [1.29, 1.82) is 0 Å². The molecule has 0 aromatic heterocycles. The number of hydrogen-bond donors (Lipinski definition) is 2. The van der Waals surface area contributed by atoms with E-state index in [2.05, 4.69) is 4.99 Å². The first kappa shape index (κ1) is 24.3. The molecule has 1 amide bonds. The molecule has 0 fully saturated rings. The van der Waals surface area contributed by atoms with Gasteiger partial charge in [0.2, 0.25) is 5.90 Å². The zero-order chi connectivity index (χ0) is 21.5. The Bertz CT molecular complexity index is 921. The monoisotopic (exact) mass is 515 g/mol. The molecule has 0 spiro atoms. The van der Waals surface area contributed by atoms with Crippen molar-refractivity contribution < 1.29 is 48.8 Å². The van der Waals surface area contributed by atoms with Gasteiger partial charge in [0.25, 0.3) is 0 Å². The minimum Gasteiger partial charge on any atom is -0.494 e. The molecule has 0 bridgehead atoms. The summed E-state index contributed by atoms with van der Waals surface area (Å²) in [6.07, 6.45) is -0.663. The number of carbonyl (C=O) groups is 2. The predicted molar refractivity (Wildman–Crippen MR) is 110 cm³/mol. The molecule has 2 unspecified atom stereocenters. The van der Waals surface area contributed by atoms with Gasteiger partial charge < -0.3 is 19.7 Å². The molecule has 2 atom stereocenters. The van der Waals surface area contributed by atoms with E-state index in [1.54, 1.807) is 24.3 Å². The molecule has 1 heterocycles. The average Bonchev–Trinajstić information content (AvgIpc) is 3.09. The maximum atomic E-state index is 11.2. The van der Waals surface area contributed by atoms with Crippen molar-refractivity contribution in [3.8, 4) is 5.75 Å². The van der Waals surface area contributed by atoms with Crippen LogP contribution < -0.4 is 4.74 Å². The van der Waals surface area contributed by atoms with Gasteiger partial charge in [-0.1, -0.05) is 30.3 Å². The van der Waals surface area contributed by atoms with Crippen LogP contribution in [-0.4, -0.2) is 58.4 Å². The fourth-order valence-electron chi connectivity index (χ4n) is 3.17. The second-order valence-corrected chi connectivity index (χ2v) is 7.01. The van der Waals surface area contributed by atoms with Gasteiger partial charge >= 0.3 is 12.1 Å². The number of rotatable bonds is 9. The smallest absolute Gasteiger partial charge is 0.408 e. The topological polar surface area (TPSA) is 109 Å². The largest absolute Gasteiger partial charge is 0.494 e. The van der Waals surface area contributed by atoms with Gasteiger partial charge in [-0.2, -0.15) is 0 Å². The number of aliphatic imine (C=N–C) groups is 1. The third kappa shape index (κ3) is 7.07. The van der Waals surface area contributed by atoms with Crippen LogP contribution >= 0.6 is 0 Å². The molecule has 2 aromatic rings. The second-order valence-electron chi connectivity index (χ2n) is 7.01. The van der Waals surface area contributed by atoms with Crippen LogP contribution in [0.3, 0.4) is 0 Å². The summed E-state index contributed by atoms with van der Waals surface area (Å²) in [6, 6.07) is 16.7. The van der Waals surface area contributed by atoms with E-state index in [0.717, 1.165) is 10.5 Å². The van der Waals surface area contributed by atoms with E-state index in [0.29, 0.717) is 30.2 Å². The Morgan fingerprint density at radius 1 is 1.13 bits per heavy atom. The first-order chi connectivity index (χ1) is 14.4. The maximum absolute atomic E-state index is 11.2. The summed E-state index contributed by atoms with van der Waals surface area (Å²) in [7, 11) is 0. The first-order valence-electron chi connectivity index (χ1n) is 9.63. The van der Waals surface area contributed by atoms with Gasteiger partial charge in [-0.25, -0.2) is 9.79 Å². The molecule has 31 heavy (non-hydrogen) atoms. The van der Waals surface area contributed by atoms with Crippen LogP contribution in [0.25, 0.3) is 0 Å². The van der Waals surface area contributed by atoms with Crippen molar-refractivity contribution in [1.82, 2.24) is 4.90 Å². The van der Waals surface area contributed by atoms with Gasteiger partial charge in [-0.05, 0) is 36.8 Å². The number of hydrogen-bond acceptors (Lipinski definition) is 5. The van der Waals surface area contributed by atoms with Crippen LogP contribution in [0, 0.1) is 0 Å². The molecular weight excluding hydrogens is 491 g/mol. The summed E-state index contributed by atoms with van der Waals surface area (Å²) in [5.41, 5.74) is 1.60. The van der Waals surface area contributed by atoms with Gasteiger partial charge in [-0.3, -0.25) is 9.69 Å². The molecule has 2 N–H and O–H groups in total. The van der Waals surface area contributed by atoms with Crippen LogP contribution in [-0.2, 0) is 35.6 Å². The van der Waals surface area contributed by atoms with E-state index in [1.807, 2.05) is 37.3 Å². The van der Waals surface area contributed by atoms with Crippen molar-refractivity contribution in [2.75, 3.05) is 13.2 Å². The summed E-state index contributed by atoms with van der Waals surface area (Å²) < 4.78 is 11.7. The molecule has 0 aliphatic carbocycles. The van der Waals surface area contributed by atoms with E-state index < -0.39 is 18.6 Å². The molecule has 0 saturated heterocycles. The number of nitrogens with zero attached hydrogens (tertiary/aromatic N) is 2. The number of benzene rings is 2. The van der Waals surface area contributed by atoms with Crippen molar-refractivity contribution in [2.24, 2.45) is 4.99 Å². The van der Waals surface area contributed by atoms with E-state index in [4.69, 9.17) is 19.7 Å². The molecule has 3 rings (SSSR count). The van der Waals surface area contributed by atoms with Gasteiger partial charge in [0, 0.05) is 38.0 Å². The Labute approximate surface area is 193 Å². The number of carboxylic acids is 1.